The topological polar surface area (TPSA) is 104 Å². The van der Waals surface area contributed by atoms with Crippen LogP contribution in [0.2, 0.25) is 0 Å². The molecule has 8 heteroatoms. The lowest BCUT2D eigenvalue weighted by atomic mass is 10.2. The summed E-state index contributed by atoms with van der Waals surface area (Å²) in [6.45, 7) is 1.46. The number of carboxylic acid groups (broad SMARTS) is 1. The van der Waals surface area contributed by atoms with Crippen LogP contribution in [0, 0.1) is 6.92 Å². The molecule has 0 radical (unpaired) electrons. The summed E-state index contributed by atoms with van der Waals surface area (Å²) in [4.78, 5) is 22.4. The van der Waals surface area contributed by atoms with Crippen molar-refractivity contribution in [1.29, 1.82) is 0 Å². The zero-order valence-electron chi connectivity index (χ0n) is 11.4. The lowest BCUT2D eigenvalue weighted by Crippen LogP contribution is -2.56. The van der Waals surface area contributed by atoms with Crippen molar-refractivity contribution in [1.82, 2.24) is 9.62 Å². The van der Waals surface area contributed by atoms with E-state index >= 15 is 0 Å². The SMILES string of the molecule is Cc1ccc(S(=O)(=O)N2CC(=O)NC[C@@H]2CC(=O)O)cc1. The molecule has 2 N–H and O–H groups in total. The number of amides is 1. The average Bonchev–Trinajstić information content (AvgIpc) is 2.40. The summed E-state index contributed by atoms with van der Waals surface area (Å²) in [7, 11) is -3.90. The second kappa shape index (κ2) is 5.82. The fourth-order valence-electron chi connectivity index (χ4n) is 2.16. The molecule has 114 valence electrons. The lowest BCUT2D eigenvalue weighted by molar-refractivity contribution is -0.139. The molecule has 21 heavy (non-hydrogen) atoms. The molecular formula is C13H16N2O5S. The van der Waals surface area contributed by atoms with Gasteiger partial charge in [-0.25, -0.2) is 8.42 Å². The minimum atomic E-state index is -3.90. The van der Waals surface area contributed by atoms with Gasteiger partial charge in [-0.15, -0.1) is 0 Å². The molecule has 0 saturated carbocycles. The van der Waals surface area contributed by atoms with E-state index in [1.54, 1.807) is 12.1 Å². The Morgan fingerprint density at radius 2 is 2.00 bits per heavy atom. The smallest absolute Gasteiger partial charge is 0.305 e. The molecule has 1 aliphatic rings. The summed E-state index contributed by atoms with van der Waals surface area (Å²) in [6.07, 6.45) is -0.356. The van der Waals surface area contributed by atoms with Gasteiger partial charge in [0, 0.05) is 6.54 Å². The number of nitrogens with zero attached hydrogens (tertiary/aromatic N) is 1. The molecule has 1 fully saturated rings. The maximum absolute atomic E-state index is 12.6. The molecule has 0 unspecified atom stereocenters. The second-order valence-electron chi connectivity index (χ2n) is 4.92. The zero-order chi connectivity index (χ0) is 15.6. The first-order chi connectivity index (χ1) is 9.80. The molecule has 1 amide bonds. The standard InChI is InChI=1S/C13H16N2O5S/c1-9-2-4-11(5-3-9)21(19,20)15-8-12(16)14-7-10(15)6-13(17)18/h2-5,10H,6-8H2,1H3,(H,14,16)(H,17,18)/t10-/m0/s1. The Morgan fingerprint density at radius 3 is 2.57 bits per heavy atom. The highest BCUT2D eigenvalue weighted by atomic mass is 32.2. The molecule has 0 aromatic heterocycles. The normalized spacial score (nSPS) is 20.0. The highest BCUT2D eigenvalue weighted by Gasteiger charge is 2.37. The van der Waals surface area contributed by atoms with Gasteiger partial charge in [-0.2, -0.15) is 4.31 Å². The van der Waals surface area contributed by atoms with Crippen LogP contribution in [0.3, 0.4) is 0 Å². The summed E-state index contributed by atoms with van der Waals surface area (Å²) in [5, 5.41) is 11.4. The van der Waals surface area contributed by atoms with E-state index in [1.807, 2.05) is 6.92 Å². The fraction of sp³-hybridized carbons (Fsp3) is 0.385. The average molecular weight is 312 g/mol. The number of hydrogen-bond acceptors (Lipinski definition) is 4. The maximum Gasteiger partial charge on any atom is 0.305 e. The number of piperazine rings is 1. The van der Waals surface area contributed by atoms with Crippen LogP contribution < -0.4 is 5.32 Å². The maximum atomic E-state index is 12.6. The van der Waals surface area contributed by atoms with Crippen molar-refractivity contribution in [3.05, 3.63) is 29.8 Å². The Morgan fingerprint density at radius 1 is 1.38 bits per heavy atom. The van der Waals surface area contributed by atoms with Gasteiger partial charge in [0.15, 0.2) is 0 Å². The Bertz CT molecular complexity index is 654. The third kappa shape index (κ3) is 3.40. The predicted octanol–water partition coefficient (Wildman–Crippen LogP) is -0.0412. The van der Waals surface area contributed by atoms with Gasteiger partial charge >= 0.3 is 5.97 Å². The summed E-state index contributed by atoms with van der Waals surface area (Å²) in [6, 6.07) is 5.43. The lowest BCUT2D eigenvalue weighted by Gasteiger charge is -2.33. The molecule has 1 heterocycles. The molecule has 0 aliphatic carbocycles. The van der Waals surface area contributed by atoms with Crippen LogP contribution in [0.25, 0.3) is 0 Å². The first kappa shape index (κ1) is 15.5. The minimum Gasteiger partial charge on any atom is -0.481 e. The number of benzene rings is 1. The Balaban J connectivity index is 2.35. The number of nitrogens with one attached hydrogen (secondary N) is 1. The third-order valence-electron chi connectivity index (χ3n) is 3.28. The summed E-state index contributed by atoms with van der Waals surface area (Å²) in [5.74, 6) is -1.55. The van der Waals surface area contributed by atoms with E-state index in [-0.39, 0.29) is 24.4 Å². The van der Waals surface area contributed by atoms with Crippen molar-refractivity contribution in [2.45, 2.75) is 24.3 Å². The van der Waals surface area contributed by atoms with Crippen molar-refractivity contribution in [3.63, 3.8) is 0 Å². The first-order valence-corrected chi connectivity index (χ1v) is 7.81. The molecule has 1 aromatic rings. The molecule has 1 atom stereocenters. The van der Waals surface area contributed by atoms with Gasteiger partial charge in [0.1, 0.15) is 0 Å². The minimum absolute atomic E-state index is 0.00375. The van der Waals surface area contributed by atoms with Gasteiger partial charge in [-0.05, 0) is 19.1 Å². The Kier molecular flexibility index (Phi) is 4.29. The van der Waals surface area contributed by atoms with E-state index in [9.17, 15) is 18.0 Å². The number of carbonyl (C=O) groups excluding carboxylic acids is 1. The third-order valence-corrected chi connectivity index (χ3v) is 5.19. The van der Waals surface area contributed by atoms with Crippen molar-refractivity contribution in [2.75, 3.05) is 13.1 Å². The van der Waals surface area contributed by atoms with Crippen LogP contribution in [-0.2, 0) is 19.6 Å². The molecule has 1 saturated heterocycles. The monoisotopic (exact) mass is 312 g/mol. The number of rotatable bonds is 4. The highest BCUT2D eigenvalue weighted by molar-refractivity contribution is 7.89. The van der Waals surface area contributed by atoms with E-state index in [0.29, 0.717) is 0 Å². The summed E-state index contributed by atoms with van der Waals surface area (Å²) in [5.41, 5.74) is 0.910. The quantitative estimate of drug-likeness (QED) is 0.812. The number of aryl methyl sites for hydroxylation is 1. The van der Waals surface area contributed by atoms with E-state index in [1.165, 1.54) is 12.1 Å². The van der Waals surface area contributed by atoms with E-state index in [2.05, 4.69) is 5.32 Å². The van der Waals surface area contributed by atoms with Crippen LogP contribution in [-0.4, -0.2) is 48.8 Å². The van der Waals surface area contributed by atoms with Gasteiger partial charge in [-0.3, -0.25) is 9.59 Å². The number of hydrogen-bond donors (Lipinski definition) is 2. The summed E-state index contributed by atoms with van der Waals surface area (Å²) >= 11 is 0. The Hall–Kier alpha value is -1.93. The predicted molar refractivity (Wildman–Crippen MR) is 74.1 cm³/mol. The van der Waals surface area contributed by atoms with Crippen LogP contribution in [0.15, 0.2) is 29.2 Å². The molecule has 1 aliphatic heterocycles. The molecule has 0 bridgehead atoms. The Labute approximate surface area is 122 Å². The van der Waals surface area contributed by atoms with Crippen molar-refractivity contribution in [3.8, 4) is 0 Å². The largest absolute Gasteiger partial charge is 0.481 e. The van der Waals surface area contributed by atoms with Crippen molar-refractivity contribution < 1.29 is 23.1 Å². The van der Waals surface area contributed by atoms with Crippen molar-refractivity contribution >= 4 is 21.9 Å². The summed E-state index contributed by atoms with van der Waals surface area (Å²) < 4.78 is 26.1. The van der Waals surface area contributed by atoms with Crippen molar-refractivity contribution in [2.24, 2.45) is 0 Å². The molecule has 0 spiro atoms. The van der Waals surface area contributed by atoms with E-state index in [4.69, 9.17) is 5.11 Å². The number of aliphatic carboxylic acids is 1. The first-order valence-electron chi connectivity index (χ1n) is 6.37. The van der Waals surface area contributed by atoms with Crippen LogP contribution in [0.4, 0.5) is 0 Å². The number of carboxylic acids is 1. The van der Waals surface area contributed by atoms with E-state index < -0.39 is 27.9 Å². The highest BCUT2D eigenvalue weighted by Crippen LogP contribution is 2.21. The molecule has 7 nitrogen and oxygen atoms in total. The molecule has 2 rings (SSSR count). The zero-order valence-corrected chi connectivity index (χ0v) is 12.3. The number of carbonyl (C=O) groups is 2. The van der Waals surface area contributed by atoms with Gasteiger partial charge in [0.25, 0.3) is 0 Å². The second-order valence-corrected chi connectivity index (χ2v) is 6.81. The van der Waals surface area contributed by atoms with Crippen LogP contribution in [0.1, 0.15) is 12.0 Å². The van der Waals surface area contributed by atoms with Gasteiger partial charge in [-0.1, -0.05) is 17.7 Å². The van der Waals surface area contributed by atoms with Crippen LogP contribution >= 0.6 is 0 Å². The number of sulfonamides is 1. The van der Waals surface area contributed by atoms with Gasteiger partial charge < -0.3 is 10.4 Å². The van der Waals surface area contributed by atoms with Crippen LogP contribution in [0.5, 0.6) is 0 Å². The van der Waals surface area contributed by atoms with Gasteiger partial charge in [0.05, 0.1) is 23.9 Å². The fourth-order valence-corrected chi connectivity index (χ4v) is 3.74. The van der Waals surface area contributed by atoms with E-state index in [0.717, 1.165) is 9.87 Å². The van der Waals surface area contributed by atoms with Gasteiger partial charge in [0.2, 0.25) is 15.9 Å². The molecular weight excluding hydrogens is 296 g/mol. The molecule has 1 aromatic carbocycles.